The molecule has 1 aromatic heterocycles. The van der Waals surface area contributed by atoms with Crippen LogP contribution in [0.15, 0.2) is 18.2 Å². The summed E-state index contributed by atoms with van der Waals surface area (Å²) in [5.74, 6) is 0. The van der Waals surface area contributed by atoms with Crippen LogP contribution in [0.5, 0.6) is 0 Å². The Balaban J connectivity index is 2.04. The Morgan fingerprint density at radius 1 is 1.21 bits per heavy atom. The van der Waals surface area contributed by atoms with Crippen LogP contribution in [-0.4, -0.2) is 11.5 Å². The molecular weight excluding hydrogens is 252 g/mol. The zero-order valence-corrected chi connectivity index (χ0v) is 12.4. The molecule has 2 N–H and O–H groups in total. The second-order valence-corrected chi connectivity index (χ2v) is 6.92. The first-order valence-corrected chi connectivity index (χ1v) is 8.13. The molecule has 0 bridgehead atoms. The summed E-state index contributed by atoms with van der Waals surface area (Å²) >= 11 is 1.85. The fourth-order valence-corrected chi connectivity index (χ4v) is 4.38. The first-order valence-electron chi connectivity index (χ1n) is 7.31. The smallest absolute Gasteiger partial charge is 0.101 e. The monoisotopic (exact) mass is 274 g/mol. The van der Waals surface area contributed by atoms with Gasteiger partial charge < -0.3 is 5.73 Å². The van der Waals surface area contributed by atoms with E-state index in [1.54, 1.807) is 0 Å². The van der Waals surface area contributed by atoms with E-state index < -0.39 is 0 Å². The third kappa shape index (κ3) is 2.41. The van der Waals surface area contributed by atoms with Crippen LogP contribution in [0, 0.1) is 6.92 Å². The molecule has 0 amide bonds. The Morgan fingerprint density at radius 3 is 2.63 bits per heavy atom. The van der Waals surface area contributed by atoms with E-state index >= 15 is 0 Å². The number of nitrogens with zero attached hydrogens (tertiary/aromatic N) is 1. The Labute approximate surface area is 119 Å². The van der Waals surface area contributed by atoms with Gasteiger partial charge in [0.25, 0.3) is 0 Å². The third-order valence-electron chi connectivity index (χ3n) is 4.45. The molecule has 19 heavy (non-hydrogen) atoms. The number of rotatable bonds is 2. The molecular formula is C16H22N2S. The predicted molar refractivity (Wildman–Crippen MR) is 82.8 cm³/mol. The largest absolute Gasteiger partial charge is 0.329 e. The molecule has 0 atom stereocenters. The van der Waals surface area contributed by atoms with Gasteiger partial charge in [0.2, 0.25) is 0 Å². The van der Waals surface area contributed by atoms with E-state index in [0.29, 0.717) is 0 Å². The number of benzene rings is 1. The van der Waals surface area contributed by atoms with Crippen LogP contribution in [-0.2, 0) is 5.41 Å². The van der Waals surface area contributed by atoms with Crippen molar-refractivity contribution < 1.29 is 0 Å². The van der Waals surface area contributed by atoms with Crippen LogP contribution in [0.4, 0.5) is 0 Å². The lowest BCUT2D eigenvalue weighted by Crippen LogP contribution is -2.34. The van der Waals surface area contributed by atoms with Crippen molar-refractivity contribution in [2.45, 2.75) is 50.9 Å². The Bertz CT molecular complexity index is 565. The van der Waals surface area contributed by atoms with Crippen molar-refractivity contribution in [1.29, 1.82) is 0 Å². The normalized spacial score (nSPS) is 19.5. The molecule has 1 saturated carbocycles. The molecule has 0 spiro atoms. The quantitative estimate of drug-likeness (QED) is 0.835. The van der Waals surface area contributed by atoms with Crippen molar-refractivity contribution in [2.24, 2.45) is 5.73 Å². The first kappa shape index (κ1) is 13.1. The number of nitrogens with two attached hydrogens (primary N) is 1. The number of aryl methyl sites for hydroxylation is 1. The van der Waals surface area contributed by atoms with Crippen molar-refractivity contribution in [1.82, 2.24) is 4.98 Å². The highest BCUT2D eigenvalue weighted by atomic mass is 32.1. The summed E-state index contributed by atoms with van der Waals surface area (Å²) in [6.07, 6.45) is 7.72. The van der Waals surface area contributed by atoms with Crippen LogP contribution >= 0.6 is 11.3 Å². The van der Waals surface area contributed by atoms with Gasteiger partial charge in [-0.1, -0.05) is 31.7 Å². The number of hydrogen-bond donors (Lipinski definition) is 1. The molecule has 2 aromatic rings. The fraction of sp³-hybridized carbons (Fsp3) is 0.562. The van der Waals surface area contributed by atoms with E-state index in [2.05, 4.69) is 25.1 Å². The average molecular weight is 274 g/mol. The van der Waals surface area contributed by atoms with Gasteiger partial charge in [0.05, 0.1) is 10.2 Å². The van der Waals surface area contributed by atoms with E-state index in [4.69, 9.17) is 10.7 Å². The Morgan fingerprint density at radius 2 is 1.95 bits per heavy atom. The highest BCUT2D eigenvalue weighted by molar-refractivity contribution is 7.18. The second kappa shape index (κ2) is 5.22. The topological polar surface area (TPSA) is 38.9 Å². The minimum absolute atomic E-state index is 0.147. The minimum Gasteiger partial charge on any atom is -0.329 e. The van der Waals surface area contributed by atoms with Crippen molar-refractivity contribution in [3.8, 4) is 0 Å². The van der Waals surface area contributed by atoms with E-state index in [1.807, 2.05) is 11.3 Å². The number of fused-ring (bicyclic) bond motifs is 1. The summed E-state index contributed by atoms with van der Waals surface area (Å²) in [6, 6.07) is 6.56. The van der Waals surface area contributed by atoms with Crippen LogP contribution in [0.2, 0.25) is 0 Å². The van der Waals surface area contributed by atoms with Gasteiger partial charge in [-0.25, -0.2) is 4.98 Å². The summed E-state index contributed by atoms with van der Waals surface area (Å²) < 4.78 is 1.30. The molecule has 102 valence electrons. The van der Waals surface area contributed by atoms with Gasteiger partial charge in [0.15, 0.2) is 0 Å². The molecule has 1 aromatic carbocycles. The van der Waals surface area contributed by atoms with Crippen LogP contribution in [0.3, 0.4) is 0 Å². The first-order chi connectivity index (χ1) is 9.23. The number of aromatic nitrogens is 1. The van der Waals surface area contributed by atoms with Crippen molar-refractivity contribution in [2.75, 3.05) is 6.54 Å². The zero-order chi connectivity index (χ0) is 13.3. The number of hydrogen-bond acceptors (Lipinski definition) is 3. The Hall–Kier alpha value is -0.930. The van der Waals surface area contributed by atoms with Crippen molar-refractivity contribution in [3.63, 3.8) is 0 Å². The maximum absolute atomic E-state index is 6.16. The van der Waals surface area contributed by atoms with Crippen LogP contribution < -0.4 is 5.73 Å². The summed E-state index contributed by atoms with van der Waals surface area (Å²) in [6.45, 7) is 2.87. The molecule has 3 rings (SSSR count). The lowest BCUT2D eigenvalue weighted by atomic mass is 9.81. The third-order valence-corrected chi connectivity index (χ3v) is 5.73. The summed E-state index contributed by atoms with van der Waals surface area (Å²) in [5.41, 5.74) is 8.74. The van der Waals surface area contributed by atoms with Gasteiger partial charge in [0.1, 0.15) is 5.01 Å². The van der Waals surface area contributed by atoms with Gasteiger partial charge in [-0.15, -0.1) is 11.3 Å². The average Bonchev–Trinajstić information content (AvgIpc) is 2.69. The van der Waals surface area contributed by atoms with Gasteiger partial charge in [-0.05, 0) is 37.5 Å². The van der Waals surface area contributed by atoms with Crippen LogP contribution in [0.1, 0.15) is 49.1 Å². The molecule has 0 radical (unpaired) electrons. The predicted octanol–water partition coefficient (Wildman–Crippen LogP) is 4.16. The SMILES string of the molecule is Cc1ccc2sc(C3(CN)CCCCCC3)nc2c1. The maximum atomic E-state index is 6.16. The molecule has 2 nitrogen and oxygen atoms in total. The van der Waals surface area contributed by atoms with E-state index in [-0.39, 0.29) is 5.41 Å². The van der Waals surface area contributed by atoms with Crippen molar-refractivity contribution >= 4 is 21.6 Å². The molecule has 1 aliphatic rings. The molecule has 1 aliphatic carbocycles. The molecule has 0 unspecified atom stereocenters. The molecule has 0 saturated heterocycles. The molecule has 3 heteroatoms. The second-order valence-electron chi connectivity index (χ2n) is 5.89. The van der Waals surface area contributed by atoms with E-state index in [9.17, 15) is 0 Å². The van der Waals surface area contributed by atoms with Gasteiger partial charge in [-0.2, -0.15) is 0 Å². The summed E-state index contributed by atoms with van der Waals surface area (Å²) in [4.78, 5) is 4.92. The molecule has 1 fully saturated rings. The number of thiazole rings is 1. The van der Waals surface area contributed by atoms with Gasteiger partial charge >= 0.3 is 0 Å². The van der Waals surface area contributed by atoms with Crippen molar-refractivity contribution in [3.05, 3.63) is 28.8 Å². The zero-order valence-electron chi connectivity index (χ0n) is 11.6. The van der Waals surface area contributed by atoms with E-state index in [1.165, 1.54) is 53.8 Å². The Kier molecular flexibility index (Phi) is 3.59. The lowest BCUT2D eigenvalue weighted by molar-refractivity contribution is 0.380. The van der Waals surface area contributed by atoms with Crippen LogP contribution in [0.25, 0.3) is 10.2 Å². The standard InChI is InChI=1S/C16H22N2S/c1-12-6-7-14-13(10-12)18-15(19-14)16(11-17)8-4-2-3-5-9-16/h6-7,10H,2-5,8-9,11,17H2,1H3. The summed E-state index contributed by atoms with van der Waals surface area (Å²) in [5, 5.41) is 1.28. The fourth-order valence-electron chi connectivity index (χ4n) is 3.17. The van der Waals surface area contributed by atoms with E-state index in [0.717, 1.165) is 12.1 Å². The lowest BCUT2D eigenvalue weighted by Gasteiger charge is -2.28. The molecule has 0 aliphatic heterocycles. The maximum Gasteiger partial charge on any atom is 0.101 e. The molecule has 1 heterocycles. The highest BCUT2D eigenvalue weighted by Crippen LogP contribution is 2.40. The van der Waals surface area contributed by atoms with Gasteiger partial charge in [0, 0.05) is 12.0 Å². The highest BCUT2D eigenvalue weighted by Gasteiger charge is 2.34. The summed E-state index contributed by atoms with van der Waals surface area (Å²) in [7, 11) is 0. The minimum atomic E-state index is 0.147. The van der Waals surface area contributed by atoms with Gasteiger partial charge in [-0.3, -0.25) is 0 Å².